The predicted molar refractivity (Wildman–Crippen MR) is 57.7 cm³/mol. The smallest absolute Gasteiger partial charge is 0.0130 e. The molecule has 13 heavy (non-hydrogen) atoms. The van der Waals surface area contributed by atoms with E-state index in [1.807, 2.05) is 0 Å². The van der Waals surface area contributed by atoms with E-state index in [9.17, 15) is 0 Å². The summed E-state index contributed by atoms with van der Waals surface area (Å²) in [6.45, 7) is 0. The molecule has 0 heteroatoms. The minimum atomic E-state index is 1.26. The average Bonchev–Trinajstić information content (AvgIpc) is 2.59. The van der Waals surface area contributed by atoms with Gasteiger partial charge in [-0.25, -0.2) is 0 Å². The molecule has 0 nitrogen and oxygen atoms in total. The molecule has 2 aliphatic rings. The van der Waals surface area contributed by atoms with Crippen LogP contribution in [0.5, 0.6) is 0 Å². The average molecular weight is 176 g/mol. The fourth-order valence-electron chi connectivity index (χ4n) is 2.48. The molecule has 0 aliphatic heterocycles. The number of allylic oxidation sites excluding steroid dienone is 4. The summed E-state index contributed by atoms with van der Waals surface area (Å²) in [6, 6.07) is 0. The molecule has 0 bridgehead atoms. The van der Waals surface area contributed by atoms with Gasteiger partial charge in [-0.1, -0.05) is 43.4 Å². The molecule has 0 heterocycles. The van der Waals surface area contributed by atoms with Crippen LogP contribution in [0, 0.1) is 0 Å². The first-order valence-electron chi connectivity index (χ1n) is 5.84. The summed E-state index contributed by atoms with van der Waals surface area (Å²) < 4.78 is 0. The lowest BCUT2D eigenvalue weighted by atomic mass is 9.96. The molecule has 0 atom stereocenters. The van der Waals surface area contributed by atoms with Crippen LogP contribution >= 0.6 is 0 Å². The van der Waals surface area contributed by atoms with Gasteiger partial charge in [0.2, 0.25) is 0 Å². The summed E-state index contributed by atoms with van der Waals surface area (Å²) in [4.78, 5) is 0. The topological polar surface area (TPSA) is 0 Å². The second-order valence-corrected chi connectivity index (χ2v) is 4.36. The second kappa shape index (κ2) is 4.64. The molecule has 72 valence electrons. The maximum absolute atomic E-state index is 2.37. The molecule has 0 saturated carbocycles. The summed E-state index contributed by atoms with van der Waals surface area (Å²) in [6.07, 6.45) is 17.4. The molecule has 0 radical (unpaired) electrons. The maximum Gasteiger partial charge on any atom is -0.0130 e. The zero-order valence-corrected chi connectivity index (χ0v) is 8.52. The van der Waals surface area contributed by atoms with Crippen molar-refractivity contribution in [1.82, 2.24) is 0 Å². The monoisotopic (exact) mass is 176 g/mol. The fraction of sp³-hybridized carbons (Fsp3) is 0.692. The largest absolute Gasteiger partial charge is 0.0802 e. The molecule has 0 aromatic carbocycles. The molecule has 0 fully saturated rings. The van der Waals surface area contributed by atoms with Gasteiger partial charge in [0.25, 0.3) is 0 Å². The summed E-state index contributed by atoms with van der Waals surface area (Å²) in [5.74, 6) is 0. The Balaban J connectivity index is 1.97. The Morgan fingerprint density at radius 2 is 1.46 bits per heavy atom. The Bertz CT molecular complexity index is 220. The van der Waals surface area contributed by atoms with Crippen molar-refractivity contribution < 1.29 is 0 Å². The van der Waals surface area contributed by atoms with Crippen LogP contribution < -0.4 is 0 Å². The highest BCUT2D eigenvalue weighted by Crippen LogP contribution is 2.29. The van der Waals surface area contributed by atoms with Gasteiger partial charge in [0.1, 0.15) is 0 Å². The van der Waals surface area contributed by atoms with Gasteiger partial charge in [-0.3, -0.25) is 0 Å². The quantitative estimate of drug-likeness (QED) is 0.514. The van der Waals surface area contributed by atoms with E-state index < -0.39 is 0 Å². The standard InChI is InChI=1S/C13H20/c1-2-4-6-9-13-11-7-10-12(13)8-5-3-1/h7,10H,1-6,8-9,11H2. The minimum absolute atomic E-state index is 1.26. The summed E-state index contributed by atoms with van der Waals surface area (Å²) in [5.41, 5.74) is 3.43. The molecule has 2 rings (SSSR count). The van der Waals surface area contributed by atoms with Gasteiger partial charge in [0.05, 0.1) is 0 Å². The van der Waals surface area contributed by atoms with Crippen molar-refractivity contribution in [2.24, 2.45) is 0 Å². The van der Waals surface area contributed by atoms with Crippen molar-refractivity contribution in [3.05, 3.63) is 23.3 Å². The van der Waals surface area contributed by atoms with E-state index in [1.54, 1.807) is 11.1 Å². The molecule has 0 amide bonds. The lowest BCUT2D eigenvalue weighted by Crippen LogP contribution is -1.90. The first-order valence-corrected chi connectivity index (χ1v) is 5.84. The van der Waals surface area contributed by atoms with Gasteiger partial charge in [-0.05, 0) is 37.7 Å². The Hall–Kier alpha value is -0.520. The van der Waals surface area contributed by atoms with Crippen LogP contribution in [0.15, 0.2) is 23.3 Å². The third-order valence-electron chi connectivity index (χ3n) is 3.31. The van der Waals surface area contributed by atoms with Crippen LogP contribution in [0.1, 0.15) is 57.8 Å². The van der Waals surface area contributed by atoms with Crippen molar-refractivity contribution in [1.29, 1.82) is 0 Å². The molecule has 0 unspecified atom stereocenters. The lowest BCUT2D eigenvalue weighted by molar-refractivity contribution is 0.580. The third-order valence-corrected chi connectivity index (χ3v) is 3.31. The Morgan fingerprint density at radius 3 is 2.31 bits per heavy atom. The van der Waals surface area contributed by atoms with Gasteiger partial charge in [0.15, 0.2) is 0 Å². The van der Waals surface area contributed by atoms with Crippen molar-refractivity contribution >= 4 is 0 Å². The minimum Gasteiger partial charge on any atom is -0.0802 e. The molecule has 0 aromatic heterocycles. The van der Waals surface area contributed by atoms with Crippen LogP contribution in [-0.2, 0) is 0 Å². The highest BCUT2D eigenvalue weighted by molar-refractivity contribution is 5.33. The first kappa shape index (κ1) is 9.05. The molecule has 0 aromatic rings. The Kier molecular flexibility index (Phi) is 3.23. The summed E-state index contributed by atoms with van der Waals surface area (Å²) in [5, 5.41) is 0. The Morgan fingerprint density at radius 1 is 0.769 bits per heavy atom. The van der Waals surface area contributed by atoms with Crippen molar-refractivity contribution in [3.8, 4) is 0 Å². The number of hydrogen-bond donors (Lipinski definition) is 0. The molecule has 0 saturated heterocycles. The van der Waals surface area contributed by atoms with E-state index >= 15 is 0 Å². The first-order chi connectivity index (χ1) is 6.47. The van der Waals surface area contributed by atoms with Crippen LogP contribution in [0.3, 0.4) is 0 Å². The zero-order valence-electron chi connectivity index (χ0n) is 8.52. The summed E-state index contributed by atoms with van der Waals surface area (Å²) in [7, 11) is 0. The molecular weight excluding hydrogens is 156 g/mol. The normalized spacial score (nSPS) is 24.6. The number of hydrogen-bond acceptors (Lipinski definition) is 0. The van der Waals surface area contributed by atoms with Crippen molar-refractivity contribution in [2.45, 2.75) is 57.8 Å². The zero-order chi connectivity index (χ0) is 8.93. The van der Waals surface area contributed by atoms with Gasteiger partial charge in [-0.2, -0.15) is 0 Å². The van der Waals surface area contributed by atoms with E-state index in [2.05, 4.69) is 12.2 Å². The van der Waals surface area contributed by atoms with E-state index in [0.29, 0.717) is 0 Å². The van der Waals surface area contributed by atoms with Crippen LogP contribution in [0.4, 0.5) is 0 Å². The van der Waals surface area contributed by atoms with Crippen molar-refractivity contribution in [2.75, 3.05) is 0 Å². The van der Waals surface area contributed by atoms with E-state index in [1.165, 1.54) is 57.8 Å². The maximum atomic E-state index is 2.37. The SMILES string of the molecule is C1=CC2=C(C1)CCCCCCCC2. The number of rotatable bonds is 0. The van der Waals surface area contributed by atoms with Gasteiger partial charge < -0.3 is 0 Å². The molecular formula is C13H20. The highest BCUT2D eigenvalue weighted by Gasteiger charge is 2.09. The van der Waals surface area contributed by atoms with Gasteiger partial charge in [-0.15, -0.1) is 0 Å². The lowest BCUT2D eigenvalue weighted by Gasteiger charge is -2.10. The van der Waals surface area contributed by atoms with Gasteiger partial charge >= 0.3 is 0 Å². The van der Waals surface area contributed by atoms with Crippen LogP contribution in [0.2, 0.25) is 0 Å². The molecule has 0 spiro atoms. The third kappa shape index (κ3) is 2.46. The second-order valence-electron chi connectivity index (χ2n) is 4.36. The Labute approximate surface area is 81.7 Å². The van der Waals surface area contributed by atoms with Crippen molar-refractivity contribution in [3.63, 3.8) is 0 Å². The van der Waals surface area contributed by atoms with Crippen LogP contribution in [-0.4, -0.2) is 0 Å². The van der Waals surface area contributed by atoms with Crippen LogP contribution in [0.25, 0.3) is 0 Å². The summed E-state index contributed by atoms with van der Waals surface area (Å²) >= 11 is 0. The highest BCUT2D eigenvalue weighted by atomic mass is 14.1. The van der Waals surface area contributed by atoms with Gasteiger partial charge in [0, 0.05) is 0 Å². The fourth-order valence-corrected chi connectivity index (χ4v) is 2.48. The van der Waals surface area contributed by atoms with E-state index in [-0.39, 0.29) is 0 Å². The van der Waals surface area contributed by atoms with E-state index in [0.717, 1.165) is 0 Å². The predicted octanol–water partition coefficient (Wildman–Crippen LogP) is 4.38. The molecule has 0 N–H and O–H groups in total. The molecule has 2 aliphatic carbocycles. The van der Waals surface area contributed by atoms with E-state index in [4.69, 9.17) is 0 Å².